The first-order valence-corrected chi connectivity index (χ1v) is 6.97. The van der Waals surface area contributed by atoms with Crippen molar-refractivity contribution >= 4 is 27.5 Å². The van der Waals surface area contributed by atoms with Crippen molar-refractivity contribution in [2.75, 3.05) is 0 Å². The average molecular weight is 344 g/mol. The summed E-state index contributed by atoms with van der Waals surface area (Å²) in [5, 5.41) is 10.7. The van der Waals surface area contributed by atoms with Crippen molar-refractivity contribution < 1.29 is 9.50 Å². The number of aliphatic hydroxyl groups is 1. The van der Waals surface area contributed by atoms with Crippen LogP contribution in [0.1, 0.15) is 28.4 Å². The monoisotopic (exact) mass is 342 g/mol. The van der Waals surface area contributed by atoms with E-state index < -0.39 is 11.9 Å². The number of hydrogen-bond donors (Lipinski definition) is 1. The largest absolute Gasteiger partial charge is 0.384 e. The maximum absolute atomic E-state index is 13.8. The minimum Gasteiger partial charge on any atom is -0.384 e. The summed E-state index contributed by atoms with van der Waals surface area (Å²) in [5.74, 6) is -0.500. The Balaban J connectivity index is 2.49. The molecule has 2 rings (SSSR count). The molecule has 2 aromatic rings. The van der Waals surface area contributed by atoms with Gasteiger partial charge in [0, 0.05) is 15.1 Å². The smallest absolute Gasteiger partial charge is 0.130 e. The Kier molecular flexibility index (Phi) is 4.29. The van der Waals surface area contributed by atoms with Gasteiger partial charge in [0.05, 0.1) is 0 Å². The zero-order valence-corrected chi connectivity index (χ0v) is 12.9. The van der Waals surface area contributed by atoms with Gasteiger partial charge in [0.1, 0.15) is 11.9 Å². The van der Waals surface area contributed by atoms with Gasteiger partial charge in [0.25, 0.3) is 0 Å². The molecule has 0 aromatic heterocycles. The number of aryl methyl sites for hydroxylation is 2. The van der Waals surface area contributed by atoms with Crippen LogP contribution in [-0.2, 0) is 0 Å². The lowest BCUT2D eigenvalue weighted by atomic mass is 9.95. The van der Waals surface area contributed by atoms with Gasteiger partial charge in [-0.05, 0) is 48.7 Å². The molecule has 0 amide bonds. The number of hydrogen-bond acceptors (Lipinski definition) is 1. The van der Waals surface area contributed by atoms with E-state index in [1.807, 2.05) is 26.0 Å². The van der Waals surface area contributed by atoms with Crippen molar-refractivity contribution in [3.63, 3.8) is 0 Å². The van der Waals surface area contributed by atoms with E-state index in [1.54, 1.807) is 6.07 Å². The van der Waals surface area contributed by atoms with Crippen molar-refractivity contribution in [1.82, 2.24) is 0 Å². The molecule has 1 N–H and O–H groups in total. The van der Waals surface area contributed by atoms with Gasteiger partial charge in [-0.25, -0.2) is 4.39 Å². The van der Waals surface area contributed by atoms with E-state index in [0.717, 1.165) is 15.6 Å². The van der Waals surface area contributed by atoms with Gasteiger partial charge in [-0.3, -0.25) is 0 Å². The summed E-state index contributed by atoms with van der Waals surface area (Å²) in [4.78, 5) is 0. The van der Waals surface area contributed by atoms with Crippen LogP contribution in [0.3, 0.4) is 0 Å². The molecule has 0 fully saturated rings. The lowest BCUT2D eigenvalue weighted by Crippen LogP contribution is -2.05. The highest BCUT2D eigenvalue weighted by Gasteiger charge is 2.18. The van der Waals surface area contributed by atoms with E-state index in [9.17, 15) is 9.50 Å². The van der Waals surface area contributed by atoms with Crippen molar-refractivity contribution in [2.24, 2.45) is 0 Å². The van der Waals surface area contributed by atoms with Crippen LogP contribution in [0.15, 0.2) is 34.8 Å². The highest BCUT2D eigenvalue weighted by atomic mass is 79.9. The van der Waals surface area contributed by atoms with Crippen LogP contribution in [0.2, 0.25) is 5.02 Å². The topological polar surface area (TPSA) is 20.2 Å². The SMILES string of the molecule is Cc1cc(C(O)c2ccc(Cl)cc2F)c(C)cc1Br. The average Bonchev–Trinajstić information content (AvgIpc) is 2.33. The number of halogens is 3. The standard InChI is InChI=1S/C15H13BrClFO/c1-8-6-13(16)9(2)5-12(8)15(19)11-4-3-10(17)7-14(11)18/h3-7,15,19H,1-2H3. The fourth-order valence-electron chi connectivity index (χ4n) is 1.99. The van der Waals surface area contributed by atoms with E-state index in [2.05, 4.69) is 15.9 Å². The van der Waals surface area contributed by atoms with Gasteiger partial charge >= 0.3 is 0 Å². The number of benzene rings is 2. The number of aliphatic hydroxyl groups excluding tert-OH is 1. The molecule has 1 unspecified atom stereocenters. The predicted molar refractivity (Wildman–Crippen MR) is 79.1 cm³/mol. The van der Waals surface area contributed by atoms with E-state index in [1.165, 1.54) is 12.1 Å². The van der Waals surface area contributed by atoms with Crippen LogP contribution in [-0.4, -0.2) is 5.11 Å². The fourth-order valence-corrected chi connectivity index (χ4v) is 2.61. The van der Waals surface area contributed by atoms with Gasteiger partial charge in [0.15, 0.2) is 0 Å². The van der Waals surface area contributed by atoms with Crippen LogP contribution < -0.4 is 0 Å². The molecule has 0 saturated heterocycles. The lowest BCUT2D eigenvalue weighted by molar-refractivity contribution is 0.214. The summed E-state index contributed by atoms with van der Waals surface area (Å²) in [6.45, 7) is 3.81. The molecule has 1 nitrogen and oxygen atoms in total. The van der Waals surface area contributed by atoms with E-state index in [0.29, 0.717) is 10.6 Å². The maximum atomic E-state index is 13.8. The van der Waals surface area contributed by atoms with E-state index in [4.69, 9.17) is 11.6 Å². The summed E-state index contributed by atoms with van der Waals surface area (Å²) in [7, 11) is 0. The molecule has 19 heavy (non-hydrogen) atoms. The molecule has 0 bridgehead atoms. The molecule has 0 aliphatic carbocycles. The number of rotatable bonds is 2. The summed E-state index contributed by atoms with van der Waals surface area (Å²) < 4.78 is 14.8. The van der Waals surface area contributed by atoms with E-state index in [-0.39, 0.29) is 5.56 Å². The molecule has 0 aliphatic rings. The minimum absolute atomic E-state index is 0.231. The molecule has 0 spiro atoms. The molecule has 4 heteroatoms. The summed E-state index contributed by atoms with van der Waals surface area (Å²) in [6.07, 6.45) is -0.996. The van der Waals surface area contributed by atoms with Gasteiger partial charge in [0.2, 0.25) is 0 Å². The highest BCUT2D eigenvalue weighted by molar-refractivity contribution is 9.10. The normalized spacial score (nSPS) is 12.5. The van der Waals surface area contributed by atoms with Crippen LogP contribution in [0.4, 0.5) is 4.39 Å². The Labute approximate surface area is 125 Å². The minimum atomic E-state index is -0.996. The molecule has 0 aliphatic heterocycles. The van der Waals surface area contributed by atoms with E-state index >= 15 is 0 Å². The molecule has 100 valence electrons. The third-order valence-corrected chi connectivity index (χ3v) is 4.19. The van der Waals surface area contributed by atoms with Gasteiger partial charge < -0.3 is 5.11 Å². The second-order valence-electron chi connectivity index (χ2n) is 4.53. The first-order chi connectivity index (χ1) is 8.90. The summed E-state index contributed by atoms with van der Waals surface area (Å²) in [5.41, 5.74) is 2.82. The summed E-state index contributed by atoms with van der Waals surface area (Å²) in [6, 6.07) is 8.07. The van der Waals surface area contributed by atoms with Gasteiger partial charge in [-0.1, -0.05) is 39.7 Å². The van der Waals surface area contributed by atoms with Crippen LogP contribution in [0.25, 0.3) is 0 Å². The highest BCUT2D eigenvalue weighted by Crippen LogP contribution is 2.31. The fraction of sp³-hybridized carbons (Fsp3) is 0.200. The first kappa shape index (κ1) is 14.5. The molecule has 0 radical (unpaired) electrons. The quantitative estimate of drug-likeness (QED) is 0.819. The molecular formula is C15H13BrClFO. The Morgan fingerprint density at radius 1 is 1.11 bits per heavy atom. The second-order valence-corrected chi connectivity index (χ2v) is 5.82. The molecular weight excluding hydrogens is 331 g/mol. The Morgan fingerprint density at radius 2 is 1.79 bits per heavy atom. The first-order valence-electron chi connectivity index (χ1n) is 5.80. The Bertz CT molecular complexity index is 628. The molecule has 1 atom stereocenters. The predicted octanol–water partition coefficient (Wildman–Crippen LogP) is 4.94. The zero-order valence-electron chi connectivity index (χ0n) is 10.5. The van der Waals surface area contributed by atoms with Crippen molar-refractivity contribution in [1.29, 1.82) is 0 Å². The lowest BCUT2D eigenvalue weighted by Gasteiger charge is -2.16. The van der Waals surface area contributed by atoms with Gasteiger partial charge in [-0.15, -0.1) is 0 Å². The maximum Gasteiger partial charge on any atom is 0.130 e. The van der Waals surface area contributed by atoms with Crippen molar-refractivity contribution in [3.05, 3.63) is 67.9 Å². The van der Waals surface area contributed by atoms with Crippen molar-refractivity contribution in [2.45, 2.75) is 20.0 Å². The third-order valence-electron chi connectivity index (χ3n) is 3.10. The second kappa shape index (κ2) is 5.61. The van der Waals surface area contributed by atoms with Crippen molar-refractivity contribution in [3.8, 4) is 0 Å². The molecule has 0 saturated carbocycles. The molecule has 0 heterocycles. The zero-order chi connectivity index (χ0) is 14.2. The Morgan fingerprint density at radius 3 is 2.42 bits per heavy atom. The molecule has 2 aromatic carbocycles. The van der Waals surface area contributed by atoms with Crippen LogP contribution in [0, 0.1) is 19.7 Å². The third kappa shape index (κ3) is 2.99. The van der Waals surface area contributed by atoms with Crippen LogP contribution in [0.5, 0.6) is 0 Å². The van der Waals surface area contributed by atoms with Gasteiger partial charge in [-0.2, -0.15) is 0 Å². The van der Waals surface area contributed by atoms with Crippen LogP contribution >= 0.6 is 27.5 Å². The summed E-state index contributed by atoms with van der Waals surface area (Å²) >= 11 is 9.15. The Hall–Kier alpha value is -0.900.